The molecule has 1 aromatic heterocycles. The van der Waals surface area contributed by atoms with E-state index >= 15 is 0 Å². The Labute approximate surface area is 130 Å². The molecule has 0 atom stereocenters. The van der Waals surface area contributed by atoms with Crippen LogP contribution in [-0.2, 0) is 6.54 Å². The first-order chi connectivity index (χ1) is 8.11. The van der Waals surface area contributed by atoms with Gasteiger partial charge in [0.15, 0.2) is 0 Å². The highest BCUT2D eigenvalue weighted by molar-refractivity contribution is 7.13. The van der Waals surface area contributed by atoms with Crippen LogP contribution in [0.25, 0.3) is 0 Å². The van der Waals surface area contributed by atoms with Gasteiger partial charge in [-0.3, -0.25) is 0 Å². The van der Waals surface area contributed by atoms with Crippen molar-refractivity contribution in [1.82, 2.24) is 0 Å². The molecule has 0 aliphatic heterocycles. The predicted octanol–water partition coefficient (Wildman–Crippen LogP) is 0.728. The van der Waals surface area contributed by atoms with Gasteiger partial charge in [0, 0.05) is 5.38 Å². The normalized spacial score (nSPS) is 10.0. The van der Waals surface area contributed by atoms with E-state index in [1.54, 1.807) is 11.3 Å². The quantitative estimate of drug-likeness (QED) is 0.619. The molecule has 0 saturated carbocycles. The summed E-state index contributed by atoms with van der Waals surface area (Å²) < 4.78 is 2.30. The molecule has 0 unspecified atom stereocenters. The molecule has 1 heterocycles. The molecule has 2 nitrogen and oxygen atoms in total. The number of aromatic nitrogens is 1. The van der Waals surface area contributed by atoms with E-state index in [0.29, 0.717) is 0 Å². The van der Waals surface area contributed by atoms with Gasteiger partial charge >= 0.3 is 5.13 Å². The molecule has 1 N–H and O–H groups in total. The lowest BCUT2D eigenvalue weighted by Gasteiger charge is -2.04. The molecular formula is C14H19IN2S. The van der Waals surface area contributed by atoms with Gasteiger partial charge in [-0.2, -0.15) is 0 Å². The summed E-state index contributed by atoms with van der Waals surface area (Å²) in [4.78, 5) is 0. The molecule has 0 saturated heterocycles. The zero-order valence-electron chi connectivity index (χ0n) is 11.2. The summed E-state index contributed by atoms with van der Waals surface area (Å²) in [5.74, 6) is 0. The highest BCUT2D eigenvalue weighted by Crippen LogP contribution is 2.22. The molecule has 2 rings (SSSR count). The fraction of sp³-hybridized carbons (Fsp3) is 0.357. The first-order valence-electron chi connectivity index (χ1n) is 5.94. The highest BCUT2D eigenvalue weighted by atomic mass is 127. The van der Waals surface area contributed by atoms with Crippen molar-refractivity contribution >= 4 is 22.2 Å². The lowest BCUT2D eigenvalue weighted by atomic mass is 10.1. The van der Waals surface area contributed by atoms with Crippen LogP contribution in [0.3, 0.4) is 0 Å². The molecule has 98 valence electrons. The molecule has 4 heteroatoms. The lowest BCUT2D eigenvalue weighted by molar-refractivity contribution is -0.681. The van der Waals surface area contributed by atoms with Crippen LogP contribution in [0.1, 0.15) is 23.7 Å². The SMILES string of the molecule is CC[n+]1c(C)csc1Nc1ccc(C)cc1C.[I-]. The predicted molar refractivity (Wildman–Crippen MR) is 74.1 cm³/mol. The Morgan fingerprint density at radius 1 is 1.22 bits per heavy atom. The number of hydrogen-bond donors (Lipinski definition) is 1. The standard InChI is InChI=1S/C14H18N2S.HI/c1-5-16-12(4)9-17-14(16)15-13-7-6-10(2)8-11(13)3;/h6-9H,5H2,1-4H3;1H. The van der Waals surface area contributed by atoms with Crippen molar-refractivity contribution in [2.75, 3.05) is 5.32 Å². The summed E-state index contributed by atoms with van der Waals surface area (Å²) in [6, 6.07) is 6.50. The van der Waals surface area contributed by atoms with Crippen molar-refractivity contribution in [3.63, 3.8) is 0 Å². The van der Waals surface area contributed by atoms with E-state index in [-0.39, 0.29) is 24.0 Å². The Morgan fingerprint density at radius 3 is 2.56 bits per heavy atom. The Balaban J connectivity index is 0.00000162. The van der Waals surface area contributed by atoms with Crippen LogP contribution in [0.5, 0.6) is 0 Å². The molecule has 18 heavy (non-hydrogen) atoms. The Bertz CT molecular complexity index is 535. The van der Waals surface area contributed by atoms with Gasteiger partial charge in [-0.1, -0.05) is 29.0 Å². The first kappa shape index (κ1) is 15.4. The number of aryl methyl sites for hydroxylation is 3. The molecule has 0 fully saturated rings. The van der Waals surface area contributed by atoms with Crippen molar-refractivity contribution in [3.05, 3.63) is 40.4 Å². The van der Waals surface area contributed by atoms with Crippen LogP contribution < -0.4 is 33.9 Å². The fourth-order valence-corrected chi connectivity index (χ4v) is 2.97. The van der Waals surface area contributed by atoms with Crippen LogP contribution in [-0.4, -0.2) is 0 Å². The second kappa shape index (κ2) is 6.52. The number of rotatable bonds is 3. The Morgan fingerprint density at radius 2 is 1.94 bits per heavy atom. The first-order valence-corrected chi connectivity index (χ1v) is 6.82. The Kier molecular flexibility index (Phi) is 5.59. The van der Waals surface area contributed by atoms with Gasteiger partial charge in [-0.15, -0.1) is 0 Å². The molecule has 2 aromatic rings. The average molecular weight is 374 g/mol. The Hall–Kier alpha value is -0.620. The number of thiazole rings is 1. The topological polar surface area (TPSA) is 15.9 Å². The molecule has 0 aliphatic carbocycles. The van der Waals surface area contributed by atoms with Gasteiger partial charge < -0.3 is 24.0 Å². The third-order valence-electron chi connectivity index (χ3n) is 2.95. The van der Waals surface area contributed by atoms with E-state index < -0.39 is 0 Å². The second-order valence-electron chi connectivity index (χ2n) is 4.37. The van der Waals surface area contributed by atoms with Crippen LogP contribution in [0, 0.1) is 20.8 Å². The summed E-state index contributed by atoms with van der Waals surface area (Å²) in [5, 5.41) is 6.92. The van der Waals surface area contributed by atoms with Gasteiger partial charge in [0.1, 0.15) is 11.4 Å². The van der Waals surface area contributed by atoms with E-state index in [1.807, 2.05) is 0 Å². The van der Waals surface area contributed by atoms with E-state index in [1.165, 1.54) is 27.6 Å². The highest BCUT2D eigenvalue weighted by Gasteiger charge is 2.14. The van der Waals surface area contributed by atoms with Crippen molar-refractivity contribution in [2.45, 2.75) is 34.2 Å². The fourth-order valence-electron chi connectivity index (χ4n) is 1.99. The smallest absolute Gasteiger partial charge is 0.339 e. The molecule has 1 aromatic carbocycles. The van der Waals surface area contributed by atoms with Crippen LogP contribution in [0.4, 0.5) is 10.8 Å². The van der Waals surface area contributed by atoms with Crippen LogP contribution in [0.15, 0.2) is 23.6 Å². The minimum atomic E-state index is 0. The summed E-state index contributed by atoms with van der Waals surface area (Å²) in [7, 11) is 0. The minimum Gasteiger partial charge on any atom is -1.00 e. The summed E-state index contributed by atoms with van der Waals surface area (Å²) in [6.07, 6.45) is 0. The maximum Gasteiger partial charge on any atom is 0.339 e. The van der Waals surface area contributed by atoms with Gasteiger partial charge in [0.25, 0.3) is 0 Å². The summed E-state index contributed by atoms with van der Waals surface area (Å²) in [5.41, 5.74) is 5.10. The zero-order valence-corrected chi connectivity index (χ0v) is 14.2. The molecular weight excluding hydrogens is 355 g/mol. The number of anilines is 2. The number of nitrogens with zero attached hydrogens (tertiary/aromatic N) is 1. The van der Waals surface area contributed by atoms with E-state index in [9.17, 15) is 0 Å². The maximum atomic E-state index is 3.52. The number of halogens is 1. The van der Waals surface area contributed by atoms with Crippen LogP contribution in [0.2, 0.25) is 0 Å². The second-order valence-corrected chi connectivity index (χ2v) is 5.23. The molecule has 0 amide bonds. The number of nitrogens with one attached hydrogen (secondary N) is 1. The minimum absolute atomic E-state index is 0. The largest absolute Gasteiger partial charge is 1.00 e. The number of benzene rings is 1. The average Bonchev–Trinajstić information content (AvgIpc) is 2.63. The molecule has 0 radical (unpaired) electrons. The van der Waals surface area contributed by atoms with Gasteiger partial charge in [0.05, 0.1) is 6.54 Å². The van der Waals surface area contributed by atoms with Gasteiger partial charge in [-0.25, -0.2) is 9.88 Å². The van der Waals surface area contributed by atoms with E-state index in [0.717, 1.165) is 6.54 Å². The van der Waals surface area contributed by atoms with Crippen molar-refractivity contribution < 1.29 is 28.5 Å². The van der Waals surface area contributed by atoms with Gasteiger partial charge in [-0.05, 0) is 39.3 Å². The van der Waals surface area contributed by atoms with Gasteiger partial charge in [0.2, 0.25) is 0 Å². The maximum absolute atomic E-state index is 3.52. The summed E-state index contributed by atoms with van der Waals surface area (Å²) in [6.45, 7) is 9.59. The van der Waals surface area contributed by atoms with Crippen molar-refractivity contribution in [2.24, 2.45) is 0 Å². The third-order valence-corrected chi connectivity index (χ3v) is 3.96. The monoisotopic (exact) mass is 374 g/mol. The van der Waals surface area contributed by atoms with Crippen LogP contribution >= 0.6 is 11.3 Å². The van der Waals surface area contributed by atoms with Crippen molar-refractivity contribution in [3.8, 4) is 0 Å². The number of hydrogen-bond acceptors (Lipinski definition) is 2. The molecule has 0 aliphatic rings. The van der Waals surface area contributed by atoms with Crippen molar-refractivity contribution in [1.29, 1.82) is 0 Å². The summed E-state index contributed by atoms with van der Waals surface area (Å²) >= 11 is 1.76. The van der Waals surface area contributed by atoms with E-state index in [4.69, 9.17) is 0 Å². The zero-order chi connectivity index (χ0) is 12.4. The molecule has 0 spiro atoms. The molecule has 0 bridgehead atoms. The third kappa shape index (κ3) is 3.23. The lowest BCUT2D eigenvalue weighted by Crippen LogP contribution is -3.00. The van der Waals surface area contributed by atoms with E-state index in [2.05, 4.69) is 61.2 Å².